The lowest BCUT2D eigenvalue weighted by Crippen LogP contribution is -2.42. The molecule has 1 unspecified atom stereocenters. The van der Waals surface area contributed by atoms with Crippen molar-refractivity contribution >= 4 is 11.6 Å². The van der Waals surface area contributed by atoms with Gasteiger partial charge < -0.3 is 5.32 Å². The van der Waals surface area contributed by atoms with Gasteiger partial charge in [0.15, 0.2) is 0 Å². The zero-order valence-corrected chi connectivity index (χ0v) is 20.6. The Morgan fingerprint density at radius 1 is 1.11 bits per heavy atom. The first kappa shape index (κ1) is 24.6. The van der Waals surface area contributed by atoms with Gasteiger partial charge >= 0.3 is 5.69 Å². The second kappa shape index (κ2) is 10.8. The summed E-state index contributed by atoms with van der Waals surface area (Å²) in [5.74, 6) is 0.640. The third-order valence-electron chi connectivity index (χ3n) is 6.97. The van der Waals surface area contributed by atoms with Crippen LogP contribution in [0.5, 0.6) is 0 Å². The lowest BCUT2D eigenvalue weighted by Gasteiger charge is -2.37. The molecule has 1 atom stereocenters. The highest BCUT2D eigenvalue weighted by molar-refractivity contribution is 5.94. The summed E-state index contributed by atoms with van der Waals surface area (Å²) >= 11 is 0. The van der Waals surface area contributed by atoms with Crippen molar-refractivity contribution in [1.29, 1.82) is 0 Å². The number of piperidine rings is 1. The number of aromatic nitrogens is 2. The molecule has 0 aliphatic carbocycles. The van der Waals surface area contributed by atoms with Gasteiger partial charge in [0.1, 0.15) is 11.4 Å². The van der Waals surface area contributed by atoms with Crippen molar-refractivity contribution in [3.63, 3.8) is 0 Å². The van der Waals surface area contributed by atoms with Crippen molar-refractivity contribution in [1.82, 2.24) is 20.0 Å². The minimum Gasteiger partial charge on any atom is -0.350 e. The number of carbonyl (C=O) groups is 1. The smallest absolute Gasteiger partial charge is 0.312 e. The Labute approximate surface area is 206 Å². The van der Waals surface area contributed by atoms with E-state index < -0.39 is 4.92 Å². The highest BCUT2D eigenvalue weighted by Crippen LogP contribution is 2.26. The molecule has 8 heteroatoms. The van der Waals surface area contributed by atoms with Crippen LogP contribution in [0.2, 0.25) is 0 Å². The SMILES string of the molecule is Cc1nn(Cc2ccc(C(=O)NCC(c3ccccc3)N3CCC(C)CC3)cc2)c(C)c1[N+](=O)[O-]. The van der Waals surface area contributed by atoms with Crippen molar-refractivity contribution in [3.8, 4) is 0 Å². The molecule has 0 radical (unpaired) electrons. The van der Waals surface area contributed by atoms with Gasteiger partial charge in [0.2, 0.25) is 0 Å². The highest BCUT2D eigenvalue weighted by Gasteiger charge is 2.25. The molecule has 1 aliphatic heterocycles. The molecule has 35 heavy (non-hydrogen) atoms. The van der Waals surface area contributed by atoms with Gasteiger partial charge in [-0.2, -0.15) is 5.10 Å². The van der Waals surface area contributed by atoms with Gasteiger partial charge in [0.25, 0.3) is 5.91 Å². The van der Waals surface area contributed by atoms with Gasteiger partial charge in [-0.1, -0.05) is 49.4 Å². The van der Waals surface area contributed by atoms with Gasteiger partial charge in [0, 0.05) is 12.1 Å². The average molecular weight is 476 g/mol. The molecule has 3 aromatic rings. The van der Waals surface area contributed by atoms with E-state index in [1.807, 2.05) is 30.3 Å². The summed E-state index contributed by atoms with van der Waals surface area (Å²) in [5, 5.41) is 18.7. The molecule has 1 aliphatic rings. The average Bonchev–Trinajstić information content (AvgIpc) is 3.14. The molecule has 1 amide bonds. The molecule has 0 bridgehead atoms. The maximum Gasteiger partial charge on any atom is 0.312 e. The molecule has 4 rings (SSSR count). The van der Waals surface area contributed by atoms with Crippen LogP contribution in [0.25, 0.3) is 0 Å². The molecule has 1 saturated heterocycles. The van der Waals surface area contributed by atoms with Gasteiger partial charge in [-0.25, -0.2) is 0 Å². The van der Waals surface area contributed by atoms with Crippen LogP contribution in [-0.2, 0) is 6.54 Å². The molecular formula is C27H33N5O3. The Balaban J connectivity index is 1.41. The van der Waals surface area contributed by atoms with E-state index in [4.69, 9.17) is 0 Å². The van der Waals surface area contributed by atoms with Crippen LogP contribution in [0.4, 0.5) is 5.69 Å². The van der Waals surface area contributed by atoms with E-state index in [2.05, 4.69) is 34.4 Å². The lowest BCUT2D eigenvalue weighted by atomic mass is 9.95. The van der Waals surface area contributed by atoms with Gasteiger partial charge in [-0.3, -0.25) is 24.5 Å². The van der Waals surface area contributed by atoms with E-state index in [0.29, 0.717) is 30.0 Å². The minimum atomic E-state index is -0.394. The third kappa shape index (κ3) is 5.77. The van der Waals surface area contributed by atoms with Crippen LogP contribution >= 0.6 is 0 Å². The number of aryl methyl sites for hydroxylation is 1. The van der Waals surface area contributed by atoms with E-state index in [1.54, 1.807) is 30.7 Å². The van der Waals surface area contributed by atoms with Crippen molar-refractivity contribution < 1.29 is 9.72 Å². The number of likely N-dealkylation sites (tertiary alicyclic amines) is 1. The molecule has 1 N–H and O–H groups in total. The number of hydrogen-bond donors (Lipinski definition) is 1. The molecule has 8 nitrogen and oxygen atoms in total. The number of carbonyl (C=O) groups excluding carboxylic acids is 1. The number of nitro groups is 1. The summed E-state index contributed by atoms with van der Waals surface area (Å²) in [4.78, 5) is 26.3. The molecule has 0 saturated carbocycles. The quantitative estimate of drug-likeness (QED) is 0.378. The molecule has 0 spiro atoms. The number of benzene rings is 2. The Hall–Kier alpha value is -3.52. The van der Waals surface area contributed by atoms with Crippen molar-refractivity contribution in [2.45, 2.75) is 46.2 Å². The number of nitrogens with one attached hydrogen (secondary N) is 1. The summed E-state index contributed by atoms with van der Waals surface area (Å²) in [6, 6.07) is 17.9. The Kier molecular flexibility index (Phi) is 7.60. The zero-order chi connectivity index (χ0) is 24.9. The second-order valence-electron chi connectivity index (χ2n) is 9.49. The van der Waals surface area contributed by atoms with Crippen LogP contribution in [0, 0.1) is 29.9 Å². The van der Waals surface area contributed by atoms with Crippen LogP contribution in [0.15, 0.2) is 54.6 Å². The number of rotatable bonds is 8. The summed E-state index contributed by atoms with van der Waals surface area (Å²) in [7, 11) is 0. The predicted octanol–water partition coefficient (Wildman–Crippen LogP) is 4.66. The standard InChI is InChI=1S/C27H33N5O3/c1-19-13-15-30(16-14-19)25(23-7-5-4-6-8-23)17-28-27(33)24-11-9-22(10-12-24)18-31-21(3)26(32(34)35)20(2)29-31/h4-12,19,25H,13-18H2,1-3H3,(H,28,33). The Morgan fingerprint density at radius 3 is 2.37 bits per heavy atom. The number of hydrogen-bond acceptors (Lipinski definition) is 5. The molecule has 1 aromatic heterocycles. The van der Waals surface area contributed by atoms with Crippen molar-refractivity contribution in [2.75, 3.05) is 19.6 Å². The van der Waals surface area contributed by atoms with Crippen LogP contribution in [0.1, 0.15) is 58.7 Å². The molecule has 2 aromatic carbocycles. The largest absolute Gasteiger partial charge is 0.350 e. The fourth-order valence-electron chi connectivity index (χ4n) is 4.80. The first-order valence-corrected chi connectivity index (χ1v) is 12.2. The zero-order valence-electron chi connectivity index (χ0n) is 20.6. The van der Waals surface area contributed by atoms with Crippen LogP contribution < -0.4 is 5.32 Å². The fraction of sp³-hybridized carbons (Fsp3) is 0.407. The molecule has 2 heterocycles. The van der Waals surface area contributed by atoms with Gasteiger partial charge in [0.05, 0.1) is 17.5 Å². The monoisotopic (exact) mass is 475 g/mol. The van der Waals surface area contributed by atoms with E-state index in [-0.39, 0.29) is 17.6 Å². The fourth-order valence-corrected chi connectivity index (χ4v) is 4.80. The predicted molar refractivity (Wildman–Crippen MR) is 135 cm³/mol. The van der Waals surface area contributed by atoms with E-state index in [9.17, 15) is 14.9 Å². The lowest BCUT2D eigenvalue weighted by molar-refractivity contribution is -0.386. The maximum absolute atomic E-state index is 12.9. The van der Waals surface area contributed by atoms with E-state index >= 15 is 0 Å². The number of amides is 1. The molecular weight excluding hydrogens is 442 g/mol. The molecule has 184 valence electrons. The Bertz CT molecular complexity index is 1170. The third-order valence-corrected chi connectivity index (χ3v) is 6.97. The van der Waals surface area contributed by atoms with Gasteiger partial charge in [-0.05, 0) is 69.0 Å². The maximum atomic E-state index is 12.9. The summed E-state index contributed by atoms with van der Waals surface area (Å²) in [5.41, 5.74) is 3.71. The number of nitrogens with zero attached hydrogens (tertiary/aromatic N) is 4. The molecule has 1 fully saturated rings. The van der Waals surface area contributed by atoms with Crippen molar-refractivity contribution in [3.05, 3.63) is 92.8 Å². The normalized spacial score (nSPS) is 15.6. The minimum absolute atomic E-state index is 0.0529. The summed E-state index contributed by atoms with van der Waals surface area (Å²) in [6.45, 7) is 8.68. The first-order chi connectivity index (χ1) is 16.8. The summed E-state index contributed by atoms with van der Waals surface area (Å²) in [6.07, 6.45) is 2.36. The van der Waals surface area contributed by atoms with Crippen molar-refractivity contribution in [2.24, 2.45) is 5.92 Å². The van der Waals surface area contributed by atoms with E-state index in [1.165, 1.54) is 18.4 Å². The second-order valence-corrected chi connectivity index (χ2v) is 9.49. The van der Waals surface area contributed by atoms with Crippen LogP contribution in [-0.4, -0.2) is 45.1 Å². The van der Waals surface area contributed by atoms with Crippen LogP contribution in [0.3, 0.4) is 0 Å². The first-order valence-electron chi connectivity index (χ1n) is 12.2. The topological polar surface area (TPSA) is 93.3 Å². The van der Waals surface area contributed by atoms with E-state index in [0.717, 1.165) is 24.6 Å². The highest BCUT2D eigenvalue weighted by atomic mass is 16.6. The summed E-state index contributed by atoms with van der Waals surface area (Å²) < 4.78 is 1.63. The van der Waals surface area contributed by atoms with Gasteiger partial charge in [-0.15, -0.1) is 0 Å². The Morgan fingerprint density at radius 2 is 1.77 bits per heavy atom.